The van der Waals surface area contributed by atoms with E-state index in [0.717, 1.165) is 50.9 Å². The average Bonchev–Trinajstić information content (AvgIpc) is 2.65. The van der Waals surface area contributed by atoms with Crippen LogP contribution in [0.3, 0.4) is 0 Å². The Labute approximate surface area is 174 Å². The molecular formula is C18H32IN5O2. The molecule has 148 valence electrons. The van der Waals surface area contributed by atoms with Gasteiger partial charge in [0.05, 0.1) is 26.9 Å². The first kappa shape index (κ1) is 22.9. The van der Waals surface area contributed by atoms with E-state index in [1.54, 1.807) is 13.3 Å². The molecule has 0 aromatic carbocycles. The molecule has 0 saturated carbocycles. The highest BCUT2D eigenvalue weighted by atomic mass is 127. The predicted molar refractivity (Wildman–Crippen MR) is 115 cm³/mol. The first-order chi connectivity index (χ1) is 12.0. The number of halogens is 1. The van der Waals surface area contributed by atoms with Gasteiger partial charge in [0.1, 0.15) is 0 Å². The molecule has 0 radical (unpaired) electrons. The lowest BCUT2D eigenvalue weighted by atomic mass is 10.0. The number of aromatic nitrogens is 1. The van der Waals surface area contributed by atoms with Gasteiger partial charge in [0.2, 0.25) is 5.88 Å². The molecule has 7 nitrogen and oxygen atoms in total. The molecule has 1 aliphatic heterocycles. The van der Waals surface area contributed by atoms with Crippen LogP contribution < -0.4 is 15.4 Å². The first-order valence-electron chi connectivity index (χ1n) is 8.89. The number of ether oxygens (including phenoxy) is 2. The standard InChI is InChI=1S/C18H31N5O2.HI/c1-5-19-17(21-13-15-6-7-20-16(12-15)24-4)22-14-18(2,3)23-8-10-25-11-9-23;/h6-7,12H,5,8-11,13-14H2,1-4H3,(H2,19,21,22);1H. The summed E-state index contributed by atoms with van der Waals surface area (Å²) >= 11 is 0. The molecule has 0 aliphatic carbocycles. The summed E-state index contributed by atoms with van der Waals surface area (Å²) in [6, 6.07) is 3.86. The van der Waals surface area contributed by atoms with Crippen molar-refractivity contribution in [3.8, 4) is 5.88 Å². The van der Waals surface area contributed by atoms with Crippen molar-refractivity contribution in [3.63, 3.8) is 0 Å². The molecule has 26 heavy (non-hydrogen) atoms. The number of rotatable bonds is 7. The highest BCUT2D eigenvalue weighted by molar-refractivity contribution is 14.0. The Morgan fingerprint density at radius 3 is 2.73 bits per heavy atom. The van der Waals surface area contributed by atoms with Crippen molar-refractivity contribution in [2.24, 2.45) is 4.99 Å². The van der Waals surface area contributed by atoms with Crippen LogP contribution in [0.5, 0.6) is 5.88 Å². The number of nitrogens with one attached hydrogen (secondary N) is 2. The van der Waals surface area contributed by atoms with E-state index in [2.05, 4.69) is 46.3 Å². The zero-order chi connectivity index (χ0) is 18.1. The molecule has 0 amide bonds. The van der Waals surface area contributed by atoms with E-state index in [1.807, 2.05) is 12.1 Å². The number of hydrogen-bond acceptors (Lipinski definition) is 5. The van der Waals surface area contributed by atoms with Gasteiger partial charge in [-0.05, 0) is 32.4 Å². The van der Waals surface area contributed by atoms with Crippen LogP contribution in [0.2, 0.25) is 0 Å². The maximum absolute atomic E-state index is 5.45. The monoisotopic (exact) mass is 477 g/mol. The summed E-state index contributed by atoms with van der Waals surface area (Å²) in [5.74, 6) is 1.43. The van der Waals surface area contributed by atoms with Gasteiger partial charge in [-0.2, -0.15) is 0 Å². The number of methoxy groups -OCH3 is 1. The Hall–Kier alpha value is -1.13. The SMILES string of the molecule is CCNC(=NCc1ccnc(OC)c1)NCC(C)(C)N1CCOCC1.I. The fraction of sp³-hybridized carbons (Fsp3) is 0.667. The molecule has 0 spiro atoms. The zero-order valence-electron chi connectivity index (χ0n) is 16.2. The Balaban J connectivity index is 0.00000338. The van der Waals surface area contributed by atoms with Crippen LogP contribution in [0, 0.1) is 0 Å². The molecule has 1 aliphatic rings. The van der Waals surface area contributed by atoms with Crippen LogP contribution in [0.4, 0.5) is 0 Å². The quantitative estimate of drug-likeness (QED) is 0.355. The minimum absolute atomic E-state index is 0. The summed E-state index contributed by atoms with van der Waals surface area (Å²) in [5, 5.41) is 6.77. The van der Waals surface area contributed by atoms with E-state index in [0.29, 0.717) is 12.4 Å². The molecule has 1 saturated heterocycles. The summed E-state index contributed by atoms with van der Waals surface area (Å²) in [6.45, 7) is 12.3. The van der Waals surface area contributed by atoms with Crippen molar-refractivity contribution >= 4 is 29.9 Å². The van der Waals surface area contributed by atoms with Crippen molar-refractivity contribution < 1.29 is 9.47 Å². The first-order valence-corrected chi connectivity index (χ1v) is 8.89. The molecule has 0 atom stereocenters. The molecule has 2 heterocycles. The highest BCUT2D eigenvalue weighted by Gasteiger charge is 2.28. The largest absolute Gasteiger partial charge is 0.481 e. The lowest BCUT2D eigenvalue weighted by Crippen LogP contribution is -2.56. The number of aliphatic imine (C=N–C) groups is 1. The van der Waals surface area contributed by atoms with E-state index < -0.39 is 0 Å². The van der Waals surface area contributed by atoms with E-state index in [4.69, 9.17) is 9.47 Å². The topological polar surface area (TPSA) is 71.0 Å². The molecule has 2 rings (SSSR count). The molecule has 8 heteroatoms. The van der Waals surface area contributed by atoms with Gasteiger partial charge >= 0.3 is 0 Å². The second kappa shape index (κ2) is 11.6. The predicted octanol–water partition coefficient (Wildman–Crippen LogP) is 1.87. The summed E-state index contributed by atoms with van der Waals surface area (Å²) in [7, 11) is 1.62. The van der Waals surface area contributed by atoms with Crippen LogP contribution in [0.25, 0.3) is 0 Å². The van der Waals surface area contributed by atoms with Crippen molar-refractivity contribution in [2.45, 2.75) is 32.9 Å². The van der Waals surface area contributed by atoms with Crippen LogP contribution >= 0.6 is 24.0 Å². The minimum Gasteiger partial charge on any atom is -0.481 e. The van der Waals surface area contributed by atoms with Crippen LogP contribution in [0.15, 0.2) is 23.3 Å². The fourth-order valence-corrected chi connectivity index (χ4v) is 2.75. The van der Waals surface area contributed by atoms with Gasteiger partial charge in [0, 0.05) is 44.0 Å². The van der Waals surface area contributed by atoms with Gasteiger partial charge in [-0.3, -0.25) is 4.90 Å². The molecule has 1 aromatic heterocycles. The Morgan fingerprint density at radius 1 is 1.35 bits per heavy atom. The third-order valence-corrected chi connectivity index (χ3v) is 4.33. The van der Waals surface area contributed by atoms with Gasteiger partial charge in [0.15, 0.2) is 5.96 Å². The maximum Gasteiger partial charge on any atom is 0.213 e. The fourth-order valence-electron chi connectivity index (χ4n) is 2.75. The molecular weight excluding hydrogens is 445 g/mol. The molecule has 2 N–H and O–H groups in total. The van der Waals surface area contributed by atoms with Gasteiger partial charge in [-0.1, -0.05) is 0 Å². The normalized spacial score (nSPS) is 15.9. The minimum atomic E-state index is 0. The third-order valence-electron chi connectivity index (χ3n) is 4.33. The summed E-state index contributed by atoms with van der Waals surface area (Å²) in [6.07, 6.45) is 1.74. The van der Waals surface area contributed by atoms with Crippen molar-refractivity contribution in [3.05, 3.63) is 23.9 Å². The van der Waals surface area contributed by atoms with Crippen LogP contribution in [-0.2, 0) is 11.3 Å². The number of nitrogens with zero attached hydrogens (tertiary/aromatic N) is 3. The third kappa shape index (κ3) is 7.24. The van der Waals surface area contributed by atoms with Gasteiger partial charge in [0.25, 0.3) is 0 Å². The maximum atomic E-state index is 5.45. The number of hydrogen-bond donors (Lipinski definition) is 2. The van der Waals surface area contributed by atoms with Crippen LogP contribution in [-0.4, -0.2) is 67.9 Å². The second-order valence-electron chi connectivity index (χ2n) is 6.67. The number of guanidine groups is 1. The van der Waals surface area contributed by atoms with Crippen molar-refractivity contribution in [2.75, 3.05) is 46.5 Å². The summed E-state index contributed by atoms with van der Waals surface area (Å²) in [4.78, 5) is 11.3. The molecule has 0 bridgehead atoms. The van der Waals surface area contributed by atoms with E-state index >= 15 is 0 Å². The van der Waals surface area contributed by atoms with Crippen LogP contribution in [0.1, 0.15) is 26.3 Å². The Bertz CT molecular complexity index is 562. The molecule has 1 fully saturated rings. The van der Waals surface area contributed by atoms with E-state index in [-0.39, 0.29) is 29.5 Å². The number of pyridine rings is 1. The van der Waals surface area contributed by atoms with Gasteiger partial charge < -0.3 is 20.1 Å². The lowest BCUT2D eigenvalue weighted by Gasteiger charge is -2.41. The Kier molecular flexibility index (Phi) is 10.2. The smallest absolute Gasteiger partial charge is 0.213 e. The van der Waals surface area contributed by atoms with Crippen molar-refractivity contribution in [1.82, 2.24) is 20.5 Å². The second-order valence-corrected chi connectivity index (χ2v) is 6.67. The average molecular weight is 477 g/mol. The summed E-state index contributed by atoms with van der Waals surface area (Å²) < 4.78 is 10.6. The highest BCUT2D eigenvalue weighted by Crippen LogP contribution is 2.15. The Morgan fingerprint density at radius 2 is 2.08 bits per heavy atom. The lowest BCUT2D eigenvalue weighted by molar-refractivity contribution is -0.00834. The zero-order valence-corrected chi connectivity index (χ0v) is 18.6. The van der Waals surface area contributed by atoms with Crippen molar-refractivity contribution in [1.29, 1.82) is 0 Å². The van der Waals surface area contributed by atoms with Gasteiger partial charge in [-0.15, -0.1) is 24.0 Å². The molecule has 0 unspecified atom stereocenters. The van der Waals surface area contributed by atoms with E-state index in [1.165, 1.54) is 0 Å². The summed E-state index contributed by atoms with van der Waals surface area (Å²) in [5.41, 5.74) is 1.11. The molecule has 1 aromatic rings. The van der Waals surface area contributed by atoms with Gasteiger partial charge in [-0.25, -0.2) is 9.98 Å². The van der Waals surface area contributed by atoms with E-state index in [9.17, 15) is 0 Å². The number of morpholine rings is 1.